The van der Waals surface area contributed by atoms with E-state index in [1.54, 1.807) is 18.2 Å². The first-order valence-corrected chi connectivity index (χ1v) is 7.00. The van der Waals surface area contributed by atoms with Crippen molar-refractivity contribution >= 4 is 31.8 Å². The topological polar surface area (TPSA) is 54.4 Å². The van der Waals surface area contributed by atoms with Crippen LogP contribution in [-0.2, 0) is 9.84 Å². The SMILES string of the molecule is CC(C)(O)C1=Cc2ccc(Br)cc2S1(=O)=O. The molecule has 16 heavy (non-hydrogen) atoms. The maximum absolute atomic E-state index is 12.1. The van der Waals surface area contributed by atoms with Gasteiger partial charge in [0.1, 0.15) is 0 Å². The molecule has 1 aromatic carbocycles. The van der Waals surface area contributed by atoms with Crippen molar-refractivity contribution in [3.8, 4) is 0 Å². The van der Waals surface area contributed by atoms with Gasteiger partial charge in [-0.25, -0.2) is 8.42 Å². The lowest BCUT2D eigenvalue weighted by atomic mass is 10.1. The Labute approximate surface area is 103 Å². The van der Waals surface area contributed by atoms with Crippen LogP contribution in [-0.4, -0.2) is 19.1 Å². The molecule has 86 valence electrons. The van der Waals surface area contributed by atoms with Crippen molar-refractivity contribution in [2.45, 2.75) is 24.3 Å². The van der Waals surface area contributed by atoms with Crippen molar-refractivity contribution in [3.63, 3.8) is 0 Å². The summed E-state index contributed by atoms with van der Waals surface area (Å²) in [7, 11) is -3.55. The smallest absolute Gasteiger partial charge is 0.206 e. The van der Waals surface area contributed by atoms with Crippen molar-refractivity contribution in [1.82, 2.24) is 0 Å². The molecule has 0 spiro atoms. The van der Waals surface area contributed by atoms with Crippen LogP contribution in [0.2, 0.25) is 0 Å². The quantitative estimate of drug-likeness (QED) is 0.866. The number of aliphatic hydroxyl groups is 1. The van der Waals surface area contributed by atoms with Gasteiger partial charge in [-0.05, 0) is 37.6 Å². The fraction of sp³-hybridized carbons (Fsp3) is 0.273. The summed E-state index contributed by atoms with van der Waals surface area (Å²) >= 11 is 3.24. The number of benzene rings is 1. The summed E-state index contributed by atoms with van der Waals surface area (Å²) in [6.07, 6.45) is 1.52. The number of rotatable bonds is 1. The van der Waals surface area contributed by atoms with E-state index in [9.17, 15) is 13.5 Å². The normalized spacial score (nSPS) is 18.1. The summed E-state index contributed by atoms with van der Waals surface area (Å²) in [5.41, 5.74) is -0.732. The summed E-state index contributed by atoms with van der Waals surface area (Å²) in [6, 6.07) is 5.05. The molecule has 0 amide bonds. The summed E-state index contributed by atoms with van der Waals surface area (Å²) in [6.45, 7) is 2.94. The molecule has 0 aromatic heterocycles. The summed E-state index contributed by atoms with van der Waals surface area (Å²) in [5.74, 6) is 0. The van der Waals surface area contributed by atoms with Crippen LogP contribution in [0.25, 0.3) is 6.08 Å². The molecule has 1 aromatic rings. The van der Waals surface area contributed by atoms with Crippen molar-refractivity contribution < 1.29 is 13.5 Å². The van der Waals surface area contributed by atoms with E-state index in [0.29, 0.717) is 10.0 Å². The molecule has 1 aliphatic heterocycles. The van der Waals surface area contributed by atoms with E-state index in [2.05, 4.69) is 15.9 Å². The summed E-state index contributed by atoms with van der Waals surface area (Å²) < 4.78 is 25.0. The van der Waals surface area contributed by atoms with E-state index in [1.807, 2.05) is 0 Å². The van der Waals surface area contributed by atoms with Crippen LogP contribution < -0.4 is 0 Å². The van der Waals surface area contributed by atoms with E-state index in [-0.39, 0.29) is 9.80 Å². The molecular formula is C11H11BrO3S. The largest absolute Gasteiger partial charge is 0.385 e. The first kappa shape index (κ1) is 11.8. The maximum Gasteiger partial charge on any atom is 0.206 e. The Morgan fingerprint density at radius 3 is 2.50 bits per heavy atom. The third-order valence-corrected chi connectivity index (χ3v) is 5.07. The van der Waals surface area contributed by atoms with Gasteiger partial charge in [0.15, 0.2) is 0 Å². The van der Waals surface area contributed by atoms with Crippen molar-refractivity contribution in [2.75, 3.05) is 0 Å². The average Bonchev–Trinajstić information content (AvgIpc) is 2.38. The van der Waals surface area contributed by atoms with Crippen molar-refractivity contribution in [3.05, 3.63) is 33.1 Å². The third kappa shape index (κ3) is 1.73. The molecule has 0 radical (unpaired) electrons. The summed E-state index contributed by atoms with van der Waals surface area (Å²) in [5, 5.41) is 9.84. The lowest BCUT2D eigenvalue weighted by Gasteiger charge is -2.18. The molecule has 3 nitrogen and oxygen atoms in total. The second-order valence-electron chi connectivity index (χ2n) is 4.25. The Kier molecular flexibility index (Phi) is 2.53. The van der Waals surface area contributed by atoms with Gasteiger partial charge in [-0.2, -0.15) is 0 Å². The lowest BCUT2D eigenvalue weighted by Crippen LogP contribution is -2.25. The minimum Gasteiger partial charge on any atom is -0.385 e. The molecule has 1 aliphatic rings. The Morgan fingerprint density at radius 2 is 1.94 bits per heavy atom. The van der Waals surface area contributed by atoms with Crippen LogP contribution in [0.4, 0.5) is 0 Å². The van der Waals surface area contributed by atoms with Crippen LogP contribution in [0.1, 0.15) is 19.4 Å². The van der Waals surface area contributed by atoms with Gasteiger partial charge in [-0.3, -0.25) is 0 Å². The standard InChI is InChI=1S/C11H11BrO3S/c1-11(2,13)10-5-7-3-4-8(12)6-9(7)16(10,14)15/h3-6,13H,1-2H3. The second kappa shape index (κ2) is 3.42. The number of hydrogen-bond donors (Lipinski definition) is 1. The Balaban J connectivity index is 2.70. The Morgan fingerprint density at radius 1 is 1.31 bits per heavy atom. The van der Waals surface area contributed by atoms with Gasteiger partial charge in [0.05, 0.1) is 15.4 Å². The molecule has 0 saturated carbocycles. The third-order valence-electron chi connectivity index (χ3n) is 2.44. The molecule has 0 saturated heterocycles. The molecule has 0 fully saturated rings. The highest BCUT2D eigenvalue weighted by Crippen LogP contribution is 2.39. The molecule has 1 heterocycles. The monoisotopic (exact) mass is 302 g/mol. The van der Waals surface area contributed by atoms with Crippen LogP contribution >= 0.6 is 15.9 Å². The van der Waals surface area contributed by atoms with Crippen molar-refractivity contribution in [2.24, 2.45) is 0 Å². The fourth-order valence-electron chi connectivity index (χ4n) is 1.70. The Hall–Kier alpha value is -0.650. The highest BCUT2D eigenvalue weighted by molar-refractivity contribution is 9.10. The first-order valence-electron chi connectivity index (χ1n) is 4.72. The van der Waals surface area contributed by atoms with Crippen LogP contribution in [0.5, 0.6) is 0 Å². The molecule has 0 bridgehead atoms. The zero-order valence-electron chi connectivity index (χ0n) is 8.86. The van der Waals surface area contributed by atoms with Gasteiger partial charge in [-0.15, -0.1) is 0 Å². The van der Waals surface area contributed by atoms with Crippen LogP contribution in [0, 0.1) is 0 Å². The predicted molar refractivity (Wildman–Crippen MR) is 65.6 cm³/mol. The van der Waals surface area contributed by atoms with Gasteiger partial charge in [0, 0.05) is 4.47 Å². The van der Waals surface area contributed by atoms with E-state index >= 15 is 0 Å². The molecule has 0 unspecified atom stereocenters. The zero-order chi connectivity index (χ0) is 12.1. The van der Waals surface area contributed by atoms with Crippen LogP contribution in [0.15, 0.2) is 32.5 Å². The lowest BCUT2D eigenvalue weighted by molar-refractivity contribution is 0.129. The van der Waals surface area contributed by atoms with E-state index in [0.717, 1.165) is 0 Å². The molecule has 0 aliphatic carbocycles. The van der Waals surface area contributed by atoms with E-state index in [4.69, 9.17) is 0 Å². The second-order valence-corrected chi connectivity index (χ2v) is 7.06. The minimum absolute atomic E-state index is 0.0492. The molecule has 1 N–H and O–H groups in total. The predicted octanol–water partition coefficient (Wildman–Crippen LogP) is 2.35. The molecular weight excluding hydrogens is 292 g/mol. The minimum atomic E-state index is -3.55. The van der Waals surface area contributed by atoms with Crippen LogP contribution in [0.3, 0.4) is 0 Å². The fourth-order valence-corrected chi connectivity index (χ4v) is 4.11. The average molecular weight is 303 g/mol. The van der Waals surface area contributed by atoms with Gasteiger partial charge < -0.3 is 5.11 Å². The molecule has 2 rings (SSSR count). The maximum atomic E-state index is 12.1. The highest BCUT2D eigenvalue weighted by Gasteiger charge is 2.38. The van der Waals surface area contributed by atoms with Gasteiger partial charge >= 0.3 is 0 Å². The number of halogens is 1. The summed E-state index contributed by atoms with van der Waals surface area (Å²) in [4.78, 5) is 0.298. The molecule has 5 heteroatoms. The van der Waals surface area contributed by atoms with Gasteiger partial charge in [0.25, 0.3) is 0 Å². The zero-order valence-corrected chi connectivity index (χ0v) is 11.3. The Bertz CT molecular complexity index is 580. The van der Waals surface area contributed by atoms with Gasteiger partial charge in [0.2, 0.25) is 9.84 Å². The number of sulfone groups is 1. The van der Waals surface area contributed by atoms with E-state index in [1.165, 1.54) is 19.9 Å². The van der Waals surface area contributed by atoms with Crippen molar-refractivity contribution in [1.29, 1.82) is 0 Å². The highest BCUT2D eigenvalue weighted by atomic mass is 79.9. The number of fused-ring (bicyclic) bond motifs is 1. The van der Waals surface area contributed by atoms with E-state index < -0.39 is 15.4 Å². The first-order chi connectivity index (χ1) is 7.23. The number of hydrogen-bond acceptors (Lipinski definition) is 3. The van der Waals surface area contributed by atoms with Gasteiger partial charge in [-0.1, -0.05) is 22.0 Å². The molecule has 0 atom stereocenters.